The molecule has 4 heterocycles. The quantitative estimate of drug-likeness (QED) is 0.558. The predicted octanol–water partition coefficient (Wildman–Crippen LogP) is 3.59. The molecule has 0 spiro atoms. The molecule has 0 radical (unpaired) electrons. The number of hydrogen-bond donors (Lipinski definition) is 0. The van der Waals surface area contributed by atoms with Crippen LogP contribution in [0.2, 0.25) is 0 Å². The van der Waals surface area contributed by atoms with E-state index in [1.807, 2.05) is 47.0 Å². The van der Waals surface area contributed by atoms with Crippen LogP contribution in [0, 0.1) is 0 Å². The van der Waals surface area contributed by atoms with Gasteiger partial charge in [-0.25, -0.2) is 9.97 Å². The molecule has 1 aromatic carbocycles. The summed E-state index contributed by atoms with van der Waals surface area (Å²) in [7, 11) is 0. The summed E-state index contributed by atoms with van der Waals surface area (Å²) in [6.45, 7) is 0. The number of nitrogens with zero attached hydrogens (tertiary/aromatic N) is 5. The highest BCUT2D eigenvalue weighted by molar-refractivity contribution is 7.98. The third-order valence-corrected chi connectivity index (χ3v) is 4.89. The molecule has 0 amide bonds. The number of aromatic nitrogens is 5. The second-order valence-electron chi connectivity index (χ2n) is 5.32. The van der Waals surface area contributed by atoms with Crippen LogP contribution < -0.4 is 0 Å². The number of imidazole rings is 1. The lowest BCUT2D eigenvalue weighted by molar-refractivity contribution is 0.432. The first kappa shape index (κ1) is 13.5. The van der Waals surface area contributed by atoms with Crippen LogP contribution in [0.15, 0.2) is 64.5 Å². The lowest BCUT2D eigenvalue weighted by atomic mass is 10.2. The second-order valence-corrected chi connectivity index (χ2v) is 6.28. The van der Waals surface area contributed by atoms with Gasteiger partial charge in [0.25, 0.3) is 5.89 Å². The van der Waals surface area contributed by atoms with Gasteiger partial charge in [0, 0.05) is 17.5 Å². The maximum atomic E-state index is 5.41. The first-order valence-electron chi connectivity index (χ1n) is 7.44. The molecule has 24 heavy (non-hydrogen) atoms. The number of hydrogen-bond acceptors (Lipinski definition) is 6. The zero-order valence-electron chi connectivity index (χ0n) is 12.5. The lowest BCUT2D eigenvalue weighted by Crippen LogP contribution is -2.06. The summed E-state index contributed by atoms with van der Waals surface area (Å²) in [5.74, 6) is 1.78. The molecule has 0 unspecified atom stereocenters. The Kier molecular flexibility index (Phi) is 2.99. The van der Waals surface area contributed by atoms with Crippen molar-refractivity contribution >= 4 is 11.8 Å². The highest BCUT2D eigenvalue weighted by Crippen LogP contribution is 2.37. The van der Waals surface area contributed by atoms with E-state index in [-0.39, 0.29) is 0 Å². The van der Waals surface area contributed by atoms with Gasteiger partial charge in [0.2, 0.25) is 5.82 Å². The van der Waals surface area contributed by atoms with Crippen LogP contribution in [0.5, 0.6) is 0 Å². The van der Waals surface area contributed by atoms with Crippen molar-refractivity contribution in [2.75, 3.05) is 0 Å². The van der Waals surface area contributed by atoms with Crippen LogP contribution >= 0.6 is 11.8 Å². The first-order valence-corrected chi connectivity index (χ1v) is 8.42. The van der Waals surface area contributed by atoms with Gasteiger partial charge in [-0.3, -0.25) is 4.57 Å². The van der Waals surface area contributed by atoms with Crippen molar-refractivity contribution in [2.45, 2.75) is 10.8 Å². The van der Waals surface area contributed by atoms with E-state index in [2.05, 4.69) is 20.1 Å². The number of rotatable bonds is 2. The summed E-state index contributed by atoms with van der Waals surface area (Å²) >= 11 is 1.69. The minimum atomic E-state index is 0.498. The van der Waals surface area contributed by atoms with Gasteiger partial charge in [-0.05, 0) is 24.3 Å². The van der Waals surface area contributed by atoms with Crippen LogP contribution in [-0.2, 0) is 5.75 Å². The van der Waals surface area contributed by atoms with Gasteiger partial charge in [0.1, 0.15) is 17.0 Å². The van der Waals surface area contributed by atoms with E-state index in [0.717, 1.165) is 33.4 Å². The molecular weight excluding hydrogens is 322 g/mol. The Morgan fingerprint density at radius 3 is 2.88 bits per heavy atom. The van der Waals surface area contributed by atoms with Crippen molar-refractivity contribution in [1.82, 2.24) is 24.7 Å². The Morgan fingerprint density at radius 2 is 1.96 bits per heavy atom. The Labute approximate surface area is 141 Å². The molecule has 5 rings (SSSR count). The van der Waals surface area contributed by atoms with Crippen molar-refractivity contribution in [1.29, 1.82) is 0 Å². The highest BCUT2D eigenvalue weighted by atomic mass is 32.2. The van der Waals surface area contributed by atoms with E-state index >= 15 is 0 Å². The number of fused-ring (bicyclic) bond motifs is 3. The van der Waals surface area contributed by atoms with E-state index in [0.29, 0.717) is 11.7 Å². The van der Waals surface area contributed by atoms with E-state index in [1.165, 1.54) is 0 Å². The van der Waals surface area contributed by atoms with Crippen LogP contribution in [0.1, 0.15) is 5.69 Å². The van der Waals surface area contributed by atoms with Gasteiger partial charge in [-0.15, -0.1) is 0 Å². The fraction of sp³-hybridized carbons (Fsp3) is 0.0588. The van der Waals surface area contributed by atoms with E-state index in [4.69, 9.17) is 4.52 Å². The molecular formula is C17H11N5OS. The number of benzene rings is 1. The number of pyridine rings is 1. The van der Waals surface area contributed by atoms with Crippen molar-refractivity contribution in [3.8, 4) is 28.7 Å². The molecule has 1 aliphatic heterocycles. The molecule has 7 heteroatoms. The molecule has 1 aliphatic rings. The summed E-state index contributed by atoms with van der Waals surface area (Å²) in [6, 6.07) is 13.7. The molecule has 0 atom stereocenters. The molecule has 3 aromatic heterocycles. The molecule has 116 valence electrons. The first-order chi connectivity index (χ1) is 11.9. The van der Waals surface area contributed by atoms with Gasteiger partial charge < -0.3 is 4.52 Å². The molecule has 0 N–H and O–H groups in total. The third-order valence-electron chi connectivity index (χ3n) is 3.88. The molecule has 4 aromatic rings. The van der Waals surface area contributed by atoms with Crippen molar-refractivity contribution < 1.29 is 4.52 Å². The largest absolute Gasteiger partial charge is 0.334 e. The normalized spacial score (nSPS) is 12.7. The van der Waals surface area contributed by atoms with E-state index in [1.54, 1.807) is 24.3 Å². The van der Waals surface area contributed by atoms with Crippen molar-refractivity contribution in [3.05, 3.63) is 60.7 Å². The molecule has 0 aliphatic carbocycles. The van der Waals surface area contributed by atoms with Gasteiger partial charge in [-0.2, -0.15) is 4.98 Å². The minimum absolute atomic E-state index is 0.498. The molecule has 6 nitrogen and oxygen atoms in total. The van der Waals surface area contributed by atoms with Crippen LogP contribution in [-0.4, -0.2) is 24.7 Å². The summed E-state index contributed by atoms with van der Waals surface area (Å²) in [6.07, 6.45) is 3.60. The van der Waals surface area contributed by atoms with E-state index in [9.17, 15) is 0 Å². The molecule has 0 saturated carbocycles. The smallest absolute Gasteiger partial charge is 0.258 e. The maximum absolute atomic E-state index is 5.41. The summed E-state index contributed by atoms with van der Waals surface area (Å²) < 4.78 is 7.45. The zero-order valence-corrected chi connectivity index (χ0v) is 13.3. The van der Waals surface area contributed by atoms with E-state index < -0.39 is 0 Å². The average Bonchev–Trinajstić information content (AvgIpc) is 3.29. The van der Waals surface area contributed by atoms with Crippen molar-refractivity contribution in [2.24, 2.45) is 0 Å². The SMILES string of the molecule is c1ccc(-c2nc(-c3ncn4c3CSc3ncccc3-4)no2)cc1. The van der Waals surface area contributed by atoms with Crippen LogP contribution in [0.25, 0.3) is 28.7 Å². The molecule has 0 saturated heterocycles. The monoisotopic (exact) mass is 333 g/mol. The second kappa shape index (κ2) is 5.31. The van der Waals surface area contributed by atoms with Gasteiger partial charge in [0.15, 0.2) is 0 Å². The van der Waals surface area contributed by atoms with Gasteiger partial charge in [-0.1, -0.05) is 35.1 Å². The predicted molar refractivity (Wildman–Crippen MR) is 89.6 cm³/mol. The maximum Gasteiger partial charge on any atom is 0.258 e. The molecule has 0 bridgehead atoms. The Morgan fingerprint density at radius 1 is 1.04 bits per heavy atom. The Balaban J connectivity index is 1.59. The van der Waals surface area contributed by atoms with Crippen LogP contribution in [0.4, 0.5) is 0 Å². The van der Waals surface area contributed by atoms with Crippen molar-refractivity contribution in [3.63, 3.8) is 0 Å². The van der Waals surface area contributed by atoms with Gasteiger partial charge in [0.05, 0.1) is 11.4 Å². The Hall–Kier alpha value is -2.93. The average molecular weight is 333 g/mol. The molecule has 0 fully saturated rings. The van der Waals surface area contributed by atoms with Gasteiger partial charge >= 0.3 is 0 Å². The highest BCUT2D eigenvalue weighted by Gasteiger charge is 2.24. The minimum Gasteiger partial charge on any atom is -0.334 e. The zero-order chi connectivity index (χ0) is 15.9. The summed E-state index contributed by atoms with van der Waals surface area (Å²) in [5.41, 5.74) is 3.74. The summed E-state index contributed by atoms with van der Waals surface area (Å²) in [4.78, 5) is 13.4. The number of thioether (sulfide) groups is 1. The lowest BCUT2D eigenvalue weighted by Gasteiger charge is -2.17. The standard InChI is InChI=1S/C17H11N5OS/c1-2-5-11(6-3-1)16-20-15(21-23-16)14-13-9-24-17-12(7-4-8-18-17)22(13)10-19-14/h1-8,10H,9H2. The fourth-order valence-electron chi connectivity index (χ4n) is 2.74. The Bertz CT molecular complexity index is 1020. The summed E-state index contributed by atoms with van der Waals surface area (Å²) in [5, 5.41) is 5.12. The fourth-order valence-corrected chi connectivity index (χ4v) is 3.74. The van der Waals surface area contributed by atoms with Crippen LogP contribution in [0.3, 0.4) is 0 Å². The third kappa shape index (κ3) is 2.05. The topological polar surface area (TPSA) is 69.6 Å².